The Bertz CT molecular complexity index is 1050. The van der Waals surface area contributed by atoms with Crippen LogP contribution in [0.25, 0.3) is 11.3 Å². The fourth-order valence-electron chi connectivity index (χ4n) is 2.18. The normalized spacial score (nSPS) is 10.9. The molecule has 0 radical (unpaired) electrons. The molecule has 0 fully saturated rings. The Morgan fingerprint density at radius 2 is 2.00 bits per heavy atom. The number of rotatable bonds is 5. The summed E-state index contributed by atoms with van der Waals surface area (Å²) in [6.07, 6.45) is 2.76. The second-order valence-electron chi connectivity index (χ2n) is 5.24. The largest absolute Gasteiger partial charge is 0.478 e. The highest BCUT2D eigenvalue weighted by atomic mass is 35.5. The summed E-state index contributed by atoms with van der Waals surface area (Å²) in [6, 6.07) is 10.6. The highest BCUT2D eigenvalue weighted by Crippen LogP contribution is 2.30. The van der Waals surface area contributed by atoms with Gasteiger partial charge in [-0.05, 0) is 42.5 Å². The van der Waals surface area contributed by atoms with Crippen molar-refractivity contribution in [2.45, 2.75) is 0 Å². The van der Waals surface area contributed by atoms with Crippen LogP contribution in [0.3, 0.4) is 0 Å². The van der Waals surface area contributed by atoms with E-state index in [1.165, 1.54) is 36.7 Å². The number of carboxylic acids is 1. The minimum Gasteiger partial charge on any atom is -0.478 e. The third kappa shape index (κ3) is 4.33. The summed E-state index contributed by atoms with van der Waals surface area (Å²) in [7, 11) is 0. The van der Waals surface area contributed by atoms with Crippen molar-refractivity contribution in [1.82, 2.24) is 10.4 Å². The zero-order chi connectivity index (χ0) is 19.4. The van der Waals surface area contributed by atoms with Gasteiger partial charge in [-0.3, -0.25) is 4.79 Å². The number of aromatic carboxylic acids is 1. The molecule has 2 aromatic heterocycles. The number of hydrogen-bond acceptors (Lipinski definition) is 5. The number of nitrogens with zero attached hydrogens (tertiary/aromatic N) is 2. The van der Waals surface area contributed by atoms with E-state index in [0.29, 0.717) is 22.1 Å². The lowest BCUT2D eigenvalue weighted by molar-refractivity contribution is 0.0696. The van der Waals surface area contributed by atoms with Gasteiger partial charge in [0.15, 0.2) is 0 Å². The number of hydrazone groups is 1. The van der Waals surface area contributed by atoms with Gasteiger partial charge in [-0.1, -0.05) is 23.2 Å². The summed E-state index contributed by atoms with van der Waals surface area (Å²) in [5.74, 6) is -0.892. The van der Waals surface area contributed by atoms with Crippen molar-refractivity contribution in [2.24, 2.45) is 5.10 Å². The number of halogens is 2. The minimum atomic E-state index is -1.07. The Balaban J connectivity index is 1.74. The third-order valence-corrected chi connectivity index (χ3v) is 4.10. The van der Waals surface area contributed by atoms with Crippen LogP contribution in [0, 0.1) is 0 Å². The number of benzene rings is 1. The first kappa shape index (κ1) is 18.6. The molecule has 2 heterocycles. The number of furan rings is 1. The lowest BCUT2D eigenvalue weighted by atomic mass is 10.1. The van der Waals surface area contributed by atoms with Crippen molar-refractivity contribution < 1.29 is 19.1 Å². The van der Waals surface area contributed by atoms with Crippen molar-refractivity contribution in [3.63, 3.8) is 0 Å². The Hall–Kier alpha value is -3.16. The molecule has 0 saturated heterocycles. The molecular formula is C18H11Cl2N3O4. The van der Waals surface area contributed by atoms with Crippen LogP contribution in [0.5, 0.6) is 0 Å². The zero-order valence-electron chi connectivity index (χ0n) is 13.5. The highest BCUT2D eigenvalue weighted by molar-refractivity contribution is 6.33. The number of pyridine rings is 1. The molecule has 3 aromatic rings. The second kappa shape index (κ2) is 8.03. The van der Waals surface area contributed by atoms with Crippen LogP contribution in [0.4, 0.5) is 0 Å². The molecule has 0 spiro atoms. The van der Waals surface area contributed by atoms with E-state index in [1.807, 2.05) is 0 Å². The van der Waals surface area contributed by atoms with Gasteiger partial charge in [0.1, 0.15) is 16.7 Å². The van der Waals surface area contributed by atoms with Crippen LogP contribution in [-0.2, 0) is 0 Å². The molecule has 9 heteroatoms. The number of amides is 1. The molecule has 1 amide bonds. The van der Waals surface area contributed by atoms with E-state index in [2.05, 4.69) is 15.5 Å². The van der Waals surface area contributed by atoms with E-state index < -0.39 is 11.9 Å². The molecular weight excluding hydrogens is 393 g/mol. The second-order valence-corrected chi connectivity index (χ2v) is 6.01. The van der Waals surface area contributed by atoms with Gasteiger partial charge >= 0.3 is 5.97 Å². The quantitative estimate of drug-likeness (QED) is 0.378. The molecule has 7 nitrogen and oxygen atoms in total. The molecule has 2 N–H and O–H groups in total. The Morgan fingerprint density at radius 1 is 1.19 bits per heavy atom. The molecule has 1 aromatic carbocycles. The van der Waals surface area contributed by atoms with Gasteiger partial charge in [0.05, 0.1) is 22.4 Å². The number of carbonyl (C=O) groups is 2. The number of carboxylic acid groups (broad SMARTS) is 1. The molecule has 0 aliphatic rings. The van der Waals surface area contributed by atoms with Crippen LogP contribution >= 0.6 is 23.2 Å². The van der Waals surface area contributed by atoms with Crippen LogP contribution in [0.1, 0.15) is 26.5 Å². The fraction of sp³-hybridized carbons (Fsp3) is 0. The van der Waals surface area contributed by atoms with Crippen molar-refractivity contribution in [1.29, 1.82) is 0 Å². The molecule has 0 aliphatic carbocycles. The van der Waals surface area contributed by atoms with Crippen molar-refractivity contribution >= 4 is 41.3 Å². The summed E-state index contributed by atoms with van der Waals surface area (Å²) in [6.45, 7) is 0. The third-order valence-electron chi connectivity index (χ3n) is 3.47. The van der Waals surface area contributed by atoms with E-state index in [1.54, 1.807) is 18.2 Å². The maximum Gasteiger partial charge on any atom is 0.335 e. The lowest BCUT2D eigenvalue weighted by Gasteiger charge is -2.02. The standard InChI is InChI=1S/C18H11Cl2N3O4/c19-14-5-3-10(18(25)26)8-13(14)15-6-4-11(27-15)9-22-23-17(24)12-2-1-7-21-16(12)20/h1-9H,(H,23,24)(H,25,26). The van der Waals surface area contributed by atoms with Crippen molar-refractivity contribution in [3.8, 4) is 11.3 Å². The first-order valence-electron chi connectivity index (χ1n) is 7.52. The first-order chi connectivity index (χ1) is 13.0. The van der Waals surface area contributed by atoms with Gasteiger partial charge in [-0.2, -0.15) is 5.10 Å². The van der Waals surface area contributed by atoms with Crippen molar-refractivity contribution in [3.05, 3.63) is 75.7 Å². The predicted molar refractivity (Wildman–Crippen MR) is 100 cm³/mol. The van der Waals surface area contributed by atoms with E-state index in [0.717, 1.165) is 0 Å². The van der Waals surface area contributed by atoms with Crippen LogP contribution in [-0.4, -0.2) is 28.2 Å². The SMILES string of the molecule is O=C(O)c1ccc(Cl)c(-c2ccc(C=NNC(=O)c3cccnc3Cl)o2)c1. The van der Waals surface area contributed by atoms with Gasteiger partial charge in [0, 0.05) is 11.8 Å². The number of hydrogen-bond donors (Lipinski definition) is 2. The van der Waals surface area contributed by atoms with Crippen LogP contribution < -0.4 is 5.43 Å². The Labute approximate surface area is 163 Å². The summed E-state index contributed by atoms with van der Waals surface area (Å²) in [5, 5.41) is 13.3. The van der Waals surface area contributed by atoms with Gasteiger partial charge in [0.2, 0.25) is 0 Å². The van der Waals surface area contributed by atoms with Gasteiger partial charge < -0.3 is 9.52 Å². The number of carbonyl (C=O) groups excluding carboxylic acids is 1. The average molecular weight is 404 g/mol. The van der Waals surface area contributed by atoms with Gasteiger partial charge in [-0.15, -0.1) is 0 Å². The number of nitrogens with one attached hydrogen (secondary N) is 1. The number of aromatic nitrogens is 1. The summed E-state index contributed by atoms with van der Waals surface area (Å²) in [4.78, 5) is 26.9. The zero-order valence-corrected chi connectivity index (χ0v) is 15.0. The molecule has 0 saturated carbocycles. The summed E-state index contributed by atoms with van der Waals surface area (Å²) >= 11 is 12.0. The highest BCUT2D eigenvalue weighted by Gasteiger charge is 2.12. The van der Waals surface area contributed by atoms with E-state index in [4.69, 9.17) is 32.7 Å². The smallest absolute Gasteiger partial charge is 0.335 e. The van der Waals surface area contributed by atoms with E-state index >= 15 is 0 Å². The molecule has 0 bridgehead atoms. The Kier molecular flexibility index (Phi) is 5.54. The van der Waals surface area contributed by atoms with Crippen LogP contribution in [0.2, 0.25) is 10.2 Å². The van der Waals surface area contributed by atoms with E-state index in [9.17, 15) is 9.59 Å². The summed E-state index contributed by atoms with van der Waals surface area (Å²) in [5.41, 5.74) is 3.02. The molecule has 27 heavy (non-hydrogen) atoms. The van der Waals surface area contributed by atoms with E-state index in [-0.39, 0.29) is 16.3 Å². The molecule has 0 unspecified atom stereocenters. The van der Waals surface area contributed by atoms with Crippen molar-refractivity contribution in [2.75, 3.05) is 0 Å². The maximum absolute atomic E-state index is 12.0. The molecule has 0 aliphatic heterocycles. The first-order valence-corrected chi connectivity index (χ1v) is 8.28. The molecule has 0 atom stereocenters. The monoisotopic (exact) mass is 403 g/mol. The van der Waals surface area contributed by atoms with Gasteiger partial charge in [-0.25, -0.2) is 15.2 Å². The average Bonchev–Trinajstić information content (AvgIpc) is 3.10. The topological polar surface area (TPSA) is 105 Å². The molecule has 136 valence electrons. The fourth-order valence-corrected chi connectivity index (χ4v) is 2.60. The minimum absolute atomic E-state index is 0.0680. The lowest BCUT2D eigenvalue weighted by Crippen LogP contribution is -2.18. The maximum atomic E-state index is 12.0. The van der Waals surface area contributed by atoms with Crippen LogP contribution in [0.15, 0.2) is 58.2 Å². The molecule has 3 rings (SSSR count). The summed E-state index contributed by atoms with van der Waals surface area (Å²) < 4.78 is 5.58. The van der Waals surface area contributed by atoms with Gasteiger partial charge in [0.25, 0.3) is 5.91 Å². The predicted octanol–water partition coefficient (Wildman–Crippen LogP) is 4.11. The Morgan fingerprint density at radius 3 is 2.74 bits per heavy atom.